The fourth-order valence-electron chi connectivity index (χ4n) is 2.87. The van der Waals surface area contributed by atoms with E-state index in [2.05, 4.69) is 26.8 Å². The van der Waals surface area contributed by atoms with Gasteiger partial charge in [-0.05, 0) is 57.9 Å². The highest BCUT2D eigenvalue weighted by atomic mass is 16.6. The minimum atomic E-state index is -0.413. The summed E-state index contributed by atoms with van der Waals surface area (Å²) >= 11 is 0. The van der Waals surface area contributed by atoms with Crippen molar-refractivity contribution in [1.29, 1.82) is 0 Å². The molecule has 25 heavy (non-hydrogen) atoms. The van der Waals surface area contributed by atoms with Gasteiger partial charge in [-0.25, -0.2) is 4.79 Å². The van der Waals surface area contributed by atoms with Crippen LogP contribution < -0.4 is 15.1 Å². The van der Waals surface area contributed by atoms with Gasteiger partial charge in [0.2, 0.25) is 5.75 Å². The third kappa shape index (κ3) is 4.04. The van der Waals surface area contributed by atoms with Gasteiger partial charge in [-0.15, -0.1) is 0 Å². The van der Waals surface area contributed by atoms with Gasteiger partial charge in [0, 0.05) is 11.5 Å². The Morgan fingerprint density at radius 2 is 2.00 bits per heavy atom. The molecule has 1 fully saturated rings. The predicted molar refractivity (Wildman–Crippen MR) is 96.5 cm³/mol. The summed E-state index contributed by atoms with van der Waals surface area (Å²) < 4.78 is 22.1. The van der Waals surface area contributed by atoms with Crippen molar-refractivity contribution in [2.75, 3.05) is 13.7 Å². The van der Waals surface area contributed by atoms with Crippen LogP contribution in [0.5, 0.6) is 11.5 Å². The number of epoxide rings is 1. The Morgan fingerprint density at radius 3 is 2.68 bits per heavy atom. The molecule has 1 aromatic carbocycles. The lowest BCUT2D eigenvalue weighted by molar-refractivity contribution is 0.319. The van der Waals surface area contributed by atoms with Crippen LogP contribution in [0.25, 0.3) is 11.0 Å². The topological polar surface area (TPSA) is 61.2 Å². The highest BCUT2D eigenvalue weighted by molar-refractivity contribution is 5.85. The van der Waals surface area contributed by atoms with Crippen LogP contribution in [0.15, 0.2) is 45.1 Å². The second kappa shape index (κ2) is 6.92. The molecule has 1 atom stereocenters. The molecule has 0 saturated carbocycles. The Bertz CT molecular complexity index is 847. The number of hydrogen-bond donors (Lipinski definition) is 0. The smallest absolute Gasteiger partial charge is 0.336 e. The van der Waals surface area contributed by atoms with Crippen molar-refractivity contribution in [3.05, 3.63) is 46.3 Å². The number of ether oxygens (including phenoxy) is 3. The molecule has 1 aromatic heterocycles. The number of rotatable bonds is 7. The summed E-state index contributed by atoms with van der Waals surface area (Å²) in [7, 11) is 1.53. The predicted octanol–water partition coefficient (Wildman–Crippen LogP) is 4.08. The minimum absolute atomic E-state index is 0.0408. The molecule has 2 heterocycles. The summed E-state index contributed by atoms with van der Waals surface area (Å²) in [5, 5.41) is 0.794. The van der Waals surface area contributed by atoms with E-state index in [0.29, 0.717) is 29.8 Å². The number of allylic oxidation sites excluding steroid dienone is 1. The minimum Gasteiger partial charge on any atom is -0.490 e. The summed E-state index contributed by atoms with van der Waals surface area (Å²) in [4.78, 5) is 11.5. The van der Waals surface area contributed by atoms with Gasteiger partial charge < -0.3 is 18.6 Å². The van der Waals surface area contributed by atoms with Crippen molar-refractivity contribution in [1.82, 2.24) is 0 Å². The van der Waals surface area contributed by atoms with E-state index in [1.807, 2.05) is 12.1 Å². The molecule has 0 bridgehead atoms. The van der Waals surface area contributed by atoms with E-state index < -0.39 is 5.63 Å². The quantitative estimate of drug-likeness (QED) is 0.430. The van der Waals surface area contributed by atoms with Gasteiger partial charge >= 0.3 is 5.63 Å². The zero-order valence-electron chi connectivity index (χ0n) is 15.1. The Balaban J connectivity index is 1.64. The monoisotopic (exact) mass is 344 g/mol. The Morgan fingerprint density at radius 1 is 1.28 bits per heavy atom. The van der Waals surface area contributed by atoms with Gasteiger partial charge in [0.05, 0.1) is 18.8 Å². The highest BCUT2D eigenvalue weighted by Gasteiger charge is 2.46. The van der Waals surface area contributed by atoms with Crippen molar-refractivity contribution in [2.45, 2.75) is 45.3 Å². The molecule has 1 saturated heterocycles. The number of methoxy groups -OCH3 is 1. The molecule has 0 spiro atoms. The molecule has 1 aliphatic heterocycles. The van der Waals surface area contributed by atoms with Gasteiger partial charge in [0.15, 0.2) is 11.3 Å². The number of benzene rings is 1. The van der Waals surface area contributed by atoms with E-state index in [-0.39, 0.29) is 5.60 Å². The van der Waals surface area contributed by atoms with Gasteiger partial charge in [-0.3, -0.25) is 0 Å². The van der Waals surface area contributed by atoms with Crippen LogP contribution in [-0.4, -0.2) is 25.4 Å². The van der Waals surface area contributed by atoms with E-state index in [0.717, 1.165) is 18.2 Å². The average molecular weight is 344 g/mol. The summed E-state index contributed by atoms with van der Waals surface area (Å²) in [6, 6.07) is 6.77. The fourth-order valence-corrected chi connectivity index (χ4v) is 2.87. The van der Waals surface area contributed by atoms with E-state index in [1.54, 1.807) is 6.07 Å². The molecule has 0 radical (unpaired) electrons. The number of fused-ring (bicyclic) bond motifs is 1. The van der Waals surface area contributed by atoms with Crippen LogP contribution in [0.3, 0.4) is 0 Å². The molecule has 134 valence electrons. The van der Waals surface area contributed by atoms with Crippen LogP contribution in [-0.2, 0) is 4.74 Å². The molecule has 0 unspecified atom stereocenters. The van der Waals surface area contributed by atoms with Crippen LogP contribution >= 0.6 is 0 Å². The van der Waals surface area contributed by atoms with Crippen LogP contribution in [0, 0.1) is 0 Å². The van der Waals surface area contributed by atoms with Crippen molar-refractivity contribution >= 4 is 11.0 Å². The zero-order chi connectivity index (χ0) is 18.0. The molecular weight excluding hydrogens is 320 g/mol. The molecule has 5 heteroatoms. The van der Waals surface area contributed by atoms with E-state index in [1.165, 1.54) is 18.7 Å². The first kappa shape index (κ1) is 17.5. The van der Waals surface area contributed by atoms with E-state index in [4.69, 9.17) is 18.6 Å². The van der Waals surface area contributed by atoms with E-state index >= 15 is 0 Å². The maximum absolute atomic E-state index is 11.5. The molecular formula is C20H24O5. The Hall–Kier alpha value is -2.27. The van der Waals surface area contributed by atoms with Crippen molar-refractivity contribution in [3.63, 3.8) is 0 Å². The standard InChI is InChI=1S/C20H24O5/c1-13(5-9-16-20(2,3)25-16)11-12-23-15-8-6-14-7-10-17(21)24-18(14)19(15)22-4/h6-8,10-11,16H,5,9,12H2,1-4H3/b13-11+/t16-/m0/s1. The molecule has 2 aromatic rings. The van der Waals surface area contributed by atoms with Crippen LogP contribution in [0.4, 0.5) is 0 Å². The molecule has 0 N–H and O–H groups in total. The van der Waals surface area contributed by atoms with Gasteiger partial charge in [-0.2, -0.15) is 0 Å². The van der Waals surface area contributed by atoms with Gasteiger partial charge in [-0.1, -0.05) is 5.57 Å². The first-order valence-corrected chi connectivity index (χ1v) is 8.48. The Labute approximate surface area is 147 Å². The fraction of sp³-hybridized carbons (Fsp3) is 0.450. The van der Waals surface area contributed by atoms with Crippen molar-refractivity contribution in [2.24, 2.45) is 0 Å². The van der Waals surface area contributed by atoms with Crippen LogP contribution in [0.2, 0.25) is 0 Å². The molecule has 3 rings (SSSR count). The second-order valence-electron chi connectivity index (χ2n) is 6.88. The third-order valence-electron chi connectivity index (χ3n) is 4.55. The first-order valence-electron chi connectivity index (χ1n) is 8.48. The number of hydrogen-bond acceptors (Lipinski definition) is 5. The lowest BCUT2D eigenvalue weighted by Gasteiger charge is -2.11. The molecule has 0 amide bonds. The maximum Gasteiger partial charge on any atom is 0.336 e. The second-order valence-corrected chi connectivity index (χ2v) is 6.88. The Kier molecular flexibility index (Phi) is 4.86. The maximum atomic E-state index is 11.5. The summed E-state index contributed by atoms with van der Waals surface area (Å²) in [6.07, 6.45) is 4.43. The average Bonchev–Trinajstić information content (AvgIpc) is 3.19. The normalized spacial score (nSPS) is 19.0. The lowest BCUT2D eigenvalue weighted by Crippen LogP contribution is -2.03. The van der Waals surface area contributed by atoms with E-state index in [9.17, 15) is 4.79 Å². The van der Waals surface area contributed by atoms with Gasteiger partial charge in [0.1, 0.15) is 6.61 Å². The summed E-state index contributed by atoms with van der Waals surface area (Å²) in [5.74, 6) is 0.995. The van der Waals surface area contributed by atoms with Crippen LogP contribution in [0.1, 0.15) is 33.6 Å². The van der Waals surface area contributed by atoms with Crippen molar-refractivity contribution < 1.29 is 18.6 Å². The largest absolute Gasteiger partial charge is 0.490 e. The lowest BCUT2D eigenvalue weighted by atomic mass is 10.0. The highest BCUT2D eigenvalue weighted by Crippen LogP contribution is 2.39. The molecule has 5 nitrogen and oxygen atoms in total. The third-order valence-corrected chi connectivity index (χ3v) is 4.55. The zero-order valence-corrected chi connectivity index (χ0v) is 15.1. The molecule has 1 aliphatic rings. The SMILES string of the molecule is COc1c(OC/C=C(\C)CC[C@@H]2OC2(C)C)ccc2ccc(=O)oc12. The molecule has 0 aliphatic carbocycles. The summed E-state index contributed by atoms with van der Waals surface area (Å²) in [5.41, 5.74) is 1.29. The van der Waals surface area contributed by atoms with Crippen molar-refractivity contribution in [3.8, 4) is 11.5 Å². The summed E-state index contributed by atoms with van der Waals surface area (Å²) in [6.45, 7) is 6.75. The first-order chi connectivity index (χ1) is 11.9. The van der Waals surface area contributed by atoms with Gasteiger partial charge in [0.25, 0.3) is 0 Å².